The van der Waals surface area contributed by atoms with Crippen LogP contribution in [0.5, 0.6) is 5.75 Å². The lowest BCUT2D eigenvalue weighted by molar-refractivity contribution is 0.101. The van der Waals surface area contributed by atoms with E-state index in [9.17, 15) is 18.7 Å². The van der Waals surface area contributed by atoms with Crippen molar-refractivity contribution in [3.63, 3.8) is 0 Å². The number of hydrogen-bond donors (Lipinski definition) is 1. The van der Waals surface area contributed by atoms with E-state index in [1.807, 2.05) is 0 Å². The number of phenols is 1. The number of aromatic hydroxyl groups is 1. The van der Waals surface area contributed by atoms with Gasteiger partial charge in [-0.25, -0.2) is 8.78 Å². The van der Waals surface area contributed by atoms with E-state index in [1.54, 1.807) is 12.1 Å². The Morgan fingerprint density at radius 1 is 1.04 bits per heavy atom. The van der Waals surface area contributed by atoms with Crippen LogP contribution in [0, 0.1) is 11.6 Å². The first-order valence-corrected chi connectivity index (χ1v) is 8.19. The van der Waals surface area contributed by atoms with E-state index in [0.717, 1.165) is 37.9 Å². The average Bonchev–Trinajstić information content (AvgIpc) is 2.59. The molecule has 0 saturated carbocycles. The second-order valence-corrected chi connectivity index (χ2v) is 6.26. The first-order chi connectivity index (χ1) is 11.9. The summed E-state index contributed by atoms with van der Waals surface area (Å²) in [5.41, 5.74) is 1.40. The Bertz CT molecular complexity index is 770. The van der Waals surface area contributed by atoms with Gasteiger partial charge in [-0.1, -0.05) is 0 Å². The van der Waals surface area contributed by atoms with Gasteiger partial charge in [0, 0.05) is 44.0 Å². The van der Waals surface area contributed by atoms with Gasteiger partial charge in [-0.3, -0.25) is 9.69 Å². The van der Waals surface area contributed by atoms with Crippen molar-refractivity contribution in [2.75, 3.05) is 31.1 Å². The molecule has 1 aliphatic rings. The molecule has 132 valence electrons. The molecule has 6 heteroatoms. The lowest BCUT2D eigenvalue weighted by Crippen LogP contribution is -2.46. The molecule has 0 aromatic heterocycles. The number of carbonyl (C=O) groups is 1. The van der Waals surface area contributed by atoms with Crippen molar-refractivity contribution in [3.05, 3.63) is 59.2 Å². The van der Waals surface area contributed by atoms with Gasteiger partial charge in [0.25, 0.3) is 0 Å². The second-order valence-electron chi connectivity index (χ2n) is 6.26. The molecule has 1 fully saturated rings. The number of nitrogens with zero attached hydrogens (tertiary/aromatic N) is 2. The molecule has 3 rings (SSSR count). The zero-order valence-corrected chi connectivity index (χ0v) is 14.0. The van der Waals surface area contributed by atoms with Crippen molar-refractivity contribution >= 4 is 11.5 Å². The minimum absolute atomic E-state index is 0.0138. The van der Waals surface area contributed by atoms with E-state index in [1.165, 1.54) is 25.1 Å². The molecule has 0 spiro atoms. The van der Waals surface area contributed by atoms with Crippen LogP contribution in [0.4, 0.5) is 14.5 Å². The lowest BCUT2D eigenvalue weighted by atomic mass is 10.0. The molecule has 1 aliphatic heterocycles. The molecule has 0 unspecified atom stereocenters. The van der Waals surface area contributed by atoms with Crippen LogP contribution < -0.4 is 4.90 Å². The quantitative estimate of drug-likeness (QED) is 0.864. The van der Waals surface area contributed by atoms with E-state index < -0.39 is 5.82 Å². The summed E-state index contributed by atoms with van der Waals surface area (Å²) in [5.74, 6) is -1.29. The van der Waals surface area contributed by atoms with Crippen molar-refractivity contribution in [2.24, 2.45) is 0 Å². The van der Waals surface area contributed by atoms with Crippen molar-refractivity contribution in [1.29, 1.82) is 0 Å². The molecule has 1 saturated heterocycles. The highest BCUT2D eigenvalue weighted by Crippen LogP contribution is 2.27. The third-order valence-corrected chi connectivity index (χ3v) is 4.49. The largest absolute Gasteiger partial charge is 0.507 e. The van der Waals surface area contributed by atoms with Crippen LogP contribution in [-0.2, 0) is 6.54 Å². The number of anilines is 1. The first kappa shape index (κ1) is 17.4. The molecule has 1 N–H and O–H groups in total. The SMILES string of the molecule is CC(=O)c1cc(F)cc(CN2CCN(c3ccc(F)cc3)CC2)c1O. The van der Waals surface area contributed by atoms with Crippen LogP contribution in [0.1, 0.15) is 22.8 Å². The summed E-state index contributed by atoms with van der Waals surface area (Å²) >= 11 is 0. The number of halogens is 2. The number of hydrogen-bond acceptors (Lipinski definition) is 4. The highest BCUT2D eigenvalue weighted by atomic mass is 19.1. The summed E-state index contributed by atoms with van der Waals surface area (Å²) in [6.07, 6.45) is 0. The monoisotopic (exact) mass is 346 g/mol. The third-order valence-electron chi connectivity index (χ3n) is 4.49. The van der Waals surface area contributed by atoms with Crippen molar-refractivity contribution in [2.45, 2.75) is 13.5 Å². The number of rotatable bonds is 4. The summed E-state index contributed by atoms with van der Waals surface area (Å²) in [6.45, 7) is 4.63. The molecule has 0 aliphatic carbocycles. The fourth-order valence-corrected chi connectivity index (χ4v) is 3.10. The van der Waals surface area contributed by atoms with Crippen molar-refractivity contribution in [1.82, 2.24) is 4.90 Å². The lowest BCUT2D eigenvalue weighted by Gasteiger charge is -2.36. The number of carbonyl (C=O) groups excluding carboxylic acids is 1. The molecule has 1 heterocycles. The van der Waals surface area contributed by atoms with E-state index in [4.69, 9.17) is 0 Å². The average molecular weight is 346 g/mol. The maximum Gasteiger partial charge on any atom is 0.163 e. The third kappa shape index (κ3) is 3.96. The summed E-state index contributed by atoms with van der Waals surface area (Å²) in [7, 11) is 0. The zero-order valence-electron chi connectivity index (χ0n) is 14.0. The minimum atomic E-state index is -0.525. The van der Waals surface area contributed by atoms with Crippen molar-refractivity contribution in [3.8, 4) is 5.75 Å². The van der Waals surface area contributed by atoms with E-state index in [2.05, 4.69) is 9.80 Å². The summed E-state index contributed by atoms with van der Waals surface area (Å²) < 4.78 is 26.7. The maximum atomic E-state index is 13.7. The smallest absolute Gasteiger partial charge is 0.163 e. The standard InChI is InChI=1S/C19H20F2N2O2/c1-13(24)18-11-16(21)10-14(19(18)25)12-22-6-8-23(9-7-22)17-4-2-15(20)3-5-17/h2-5,10-11,25H,6-9,12H2,1H3. The molecule has 4 nitrogen and oxygen atoms in total. The number of ketones is 1. The van der Waals surface area contributed by atoms with Crippen LogP contribution in [0.25, 0.3) is 0 Å². The van der Waals surface area contributed by atoms with Crippen LogP contribution >= 0.6 is 0 Å². The Kier molecular flexibility index (Phi) is 4.99. The maximum absolute atomic E-state index is 13.7. The fourth-order valence-electron chi connectivity index (χ4n) is 3.10. The second kappa shape index (κ2) is 7.19. The fraction of sp³-hybridized carbons (Fsp3) is 0.316. The van der Waals surface area contributed by atoms with Gasteiger partial charge in [0.15, 0.2) is 5.78 Å². The van der Waals surface area contributed by atoms with E-state index >= 15 is 0 Å². The number of piperazine rings is 1. The first-order valence-electron chi connectivity index (χ1n) is 8.19. The van der Waals surface area contributed by atoms with Gasteiger partial charge in [0.05, 0.1) is 5.56 Å². The van der Waals surface area contributed by atoms with Gasteiger partial charge < -0.3 is 10.0 Å². The highest BCUT2D eigenvalue weighted by Gasteiger charge is 2.20. The Morgan fingerprint density at radius 3 is 2.28 bits per heavy atom. The molecule has 0 amide bonds. The summed E-state index contributed by atoms with van der Waals surface area (Å²) in [4.78, 5) is 15.8. The Balaban J connectivity index is 1.66. The summed E-state index contributed by atoms with van der Waals surface area (Å²) in [6, 6.07) is 8.72. The predicted molar refractivity (Wildman–Crippen MR) is 92.0 cm³/mol. The van der Waals surface area contributed by atoms with Crippen LogP contribution in [0.15, 0.2) is 36.4 Å². The Labute approximate surface area is 145 Å². The van der Waals surface area contributed by atoms with E-state index in [-0.39, 0.29) is 22.9 Å². The molecule has 0 bridgehead atoms. The van der Waals surface area contributed by atoms with Crippen LogP contribution in [0.2, 0.25) is 0 Å². The highest BCUT2D eigenvalue weighted by molar-refractivity contribution is 5.97. The van der Waals surface area contributed by atoms with Crippen LogP contribution in [0.3, 0.4) is 0 Å². The number of phenolic OH excluding ortho intramolecular Hbond substituents is 1. The molecule has 25 heavy (non-hydrogen) atoms. The molecular formula is C19H20F2N2O2. The van der Waals surface area contributed by atoms with Crippen molar-refractivity contribution < 1.29 is 18.7 Å². The van der Waals surface area contributed by atoms with Crippen LogP contribution in [-0.4, -0.2) is 42.0 Å². The van der Waals surface area contributed by atoms with Gasteiger partial charge in [-0.2, -0.15) is 0 Å². The molecule has 0 atom stereocenters. The molecule has 2 aromatic carbocycles. The van der Waals surface area contributed by atoms with Gasteiger partial charge in [0.1, 0.15) is 17.4 Å². The number of benzene rings is 2. The Morgan fingerprint density at radius 2 is 1.68 bits per heavy atom. The molecular weight excluding hydrogens is 326 g/mol. The Hall–Kier alpha value is -2.47. The van der Waals surface area contributed by atoms with Gasteiger partial charge in [0.2, 0.25) is 0 Å². The van der Waals surface area contributed by atoms with Gasteiger partial charge >= 0.3 is 0 Å². The van der Waals surface area contributed by atoms with Gasteiger partial charge in [-0.15, -0.1) is 0 Å². The predicted octanol–water partition coefficient (Wildman–Crippen LogP) is 3.20. The summed E-state index contributed by atoms with van der Waals surface area (Å²) in [5, 5.41) is 10.2. The van der Waals surface area contributed by atoms with Gasteiger partial charge in [-0.05, 0) is 43.3 Å². The normalized spacial score (nSPS) is 15.4. The number of Topliss-reactive ketones (excluding diaryl/α,β-unsaturated/α-hetero) is 1. The molecule has 0 radical (unpaired) electrons. The molecule has 2 aromatic rings. The minimum Gasteiger partial charge on any atom is -0.507 e. The topological polar surface area (TPSA) is 43.8 Å². The van der Waals surface area contributed by atoms with E-state index in [0.29, 0.717) is 12.1 Å². The zero-order chi connectivity index (χ0) is 18.0.